The van der Waals surface area contributed by atoms with Crippen molar-refractivity contribution in [3.05, 3.63) is 29.8 Å². The molecule has 0 spiro atoms. The molecule has 3 amide bonds. The molecule has 7 nitrogen and oxygen atoms in total. The van der Waals surface area contributed by atoms with Crippen LogP contribution in [0.15, 0.2) is 24.3 Å². The number of urea groups is 1. The molecule has 1 fully saturated rings. The van der Waals surface area contributed by atoms with Crippen molar-refractivity contribution in [1.29, 1.82) is 0 Å². The minimum absolute atomic E-state index is 0.0104. The number of hydrogen-bond acceptors (Lipinski definition) is 4. The molecule has 0 radical (unpaired) electrons. The van der Waals surface area contributed by atoms with Crippen molar-refractivity contribution in [2.75, 3.05) is 16.8 Å². The molecule has 0 aromatic heterocycles. The van der Waals surface area contributed by atoms with E-state index in [0.29, 0.717) is 6.42 Å². The predicted octanol–water partition coefficient (Wildman–Crippen LogP) is 1.52. The molecule has 1 aliphatic heterocycles. The average Bonchev–Trinajstić information content (AvgIpc) is 2.85. The maximum absolute atomic E-state index is 12.7. The summed E-state index contributed by atoms with van der Waals surface area (Å²) in [6.45, 7) is 1.36. The van der Waals surface area contributed by atoms with E-state index < -0.39 is 45.6 Å². The normalized spacial score (nSPS) is 20.2. The maximum Gasteiger partial charge on any atom is 0.416 e. The second kappa shape index (κ2) is 7.52. The third kappa shape index (κ3) is 5.61. The van der Waals surface area contributed by atoms with Crippen LogP contribution in [0.2, 0.25) is 0 Å². The number of hydrogen-bond donors (Lipinski definition) is 3. The molecule has 2 rings (SSSR count). The Balaban J connectivity index is 1.88. The highest BCUT2D eigenvalue weighted by Crippen LogP contribution is 2.30. The Morgan fingerprint density at radius 2 is 1.96 bits per heavy atom. The van der Waals surface area contributed by atoms with Crippen LogP contribution in [0.4, 0.5) is 23.7 Å². The van der Waals surface area contributed by atoms with E-state index in [1.54, 1.807) is 0 Å². The van der Waals surface area contributed by atoms with Crippen LogP contribution in [0.25, 0.3) is 0 Å². The quantitative estimate of drug-likeness (QED) is 0.721. The summed E-state index contributed by atoms with van der Waals surface area (Å²) in [5.41, 5.74) is -0.961. The van der Waals surface area contributed by atoms with Gasteiger partial charge >= 0.3 is 12.2 Å². The molecule has 0 bridgehead atoms. The average molecular weight is 393 g/mol. The van der Waals surface area contributed by atoms with E-state index in [9.17, 15) is 31.2 Å². The number of amides is 3. The molecule has 1 saturated heterocycles. The predicted molar refractivity (Wildman–Crippen MR) is 88.3 cm³/mol. The fourth-order valence-corrected chi connectivity index (χ4v) is 4.10. The van der Waals surface area contributed by atoms with Crippen LogP contribution >= 0.6 is 0 Å². The first-order valence-corrected chi connectivity index (χ1v) is 9.54. The van der Waals surface area contributed by atoms with E-state index in [-0.39, 0.29) is 17.2 Å². The van der Waals surface area contributed by atoms with Crippen molar-refractivity contribution in [1.82, 2.24) is 10.6 Å². The molecule has 2 atom stereocenters. The number of anilines is 1. The molecule has 1 unspecified atom stereocenters. The van der Waals surface area contributed by atoms with Crippen LogP contribution in [0, 0.1) is 0 Å². The third-order valence-electron chi connectivity index (χ3n) is 3.77. The summed E-state index contributed by atoms with van der Waals surface area (Å²) in [6.07, 6.45) is -4.24. The zero-order chi connectivity index (χ0) is 19.5. The Bertz CT molecular complexity index is 796. The molecule has 0 aliphatic carbocycles. The van der Waals surface area contributed by atoms with Gasteiger partial charge in [-0.15, -0.1) is 0 Å². The Labute approximate surface area is 148 Å². The number of carbonyl (C=O) groups is 2. The van der Waals surface area contributed by atoms with Gasteiger partial charge in [0.1, 0.15) is 6.04 Å². The first-order chi connectivity index (χ1) is 12.0. The van der Waals surface area contributed by atoms with Gasteiger partial charge in [-0.25, -0.2) is 13.2 Å². The zero-order valence-corrected chi connectivity index (χ0v) is 14.6. The van der Waals surface area contributed by atoms with Gasteiger partial charge in [0.25, 0.3) is 0 Å². The highest BCUT2D eigenvalue weighted by molar-refractivity contribution is 7.91. The lowest BCUT2D eigenvalue weighted by Gasteiger charge is -2.17. The van der Waals surface area contributed by atoms with Gasteiger partial charge in [-0.3, -0.25) is 4.79 Å². The Kier molecular flexibility index (Phi) is 5.79. The van der Waals surface area contributed by atoms with Crippen LogP contribution in [0.5, 0.6) is 0 Å². The first kappa shape index (κ1) is 20.0. The lowest BCUT2D eigenvalue weighted by Crippen LogP contribution is -2.49. The zero-order valence-electron chi connectivity index (χ0n) is 13.8. The van der Waals surface area contributed by atoms with Gasteiger partial charge in [0.2, 0.25) is 5.91 Å². The van der Waals surface area contributed by atoms with Crippen LogP contribution in [-0.4, -0.2) is 43.9 Å². The molecule has 1 aromatic rings. The summed E-state index contributed by atoms with van der Waals surface area (Å²) in [5, 5.41) is 7.06. The van der Waals surface area contributed by atoms with E-state index in [2.05, 4.69) is 16.0 Å². The molecule has 144 valence electrons. The smallest absolute Gasteiger partial charge is 0.334 e. The van der Waals surface area contributed by atoms with Crippen molar-refractivity contribution < 1.29 is 31.2 Å². The van der Waals surface area contributed by atoms with E-state index in [4.69, 9.17) is 0 Å². The third-order valence-corrected chi connectivity index (χ3v) is 5.53. The number of rotatable bonds is 4. The number of carbonyl (C=O) groups excluding carboxylic acids is 2. The lowest BCUT2D eigenvalue weighted by molar-refractivity contribution is -0.137. The summed E-state index contributed by atoms with van der Waals surface area (Å²) >= 11 is 0. The number of sulfone groups is 1. The second-order valence-corrected chi connectivity index (χ2v) is 8.24. The highest BCUT2D eigenvalue weighted by Gasteiger charge is 2.31. The fourth-order valence-electron chi connectivity index (χ4n) is 2.42. The number of halogens is 3. The van der Waals surface area contributed by atoms with Crippen molar-refractivity contribution in [3.63, 3.8) is 0 Å². The van der Waals surface area contributed by atoms with Crippen molar-refractivity contribution in [3.8, 4) is 0 Å². The van der Waals surface area contributed by atoms with Crippen LogP contribution < -0.4 is 16.0 Å². The van der Waals surface area contributed by atoms with Gasteiger partial charge in [-0.05, 0) is 31.5 Å². The van der Waals surface area contributed by atoms with Crippen molar-refractivity contribution in [2.45, 2.75) is 31.6 Å². The fraction of sp³-hybridized carbons (Fsp3) is 0.467. The minimum Gasteiger partial charge on any atom is -0.334 e. The van der Waals surface area contributed by atoms with Crippen LogP contribution in [0.1, 0.15) is 18.9 Å². The summed E-state index contributed by atoms with van der Waals surface area (Å²) in [5.74, 6) is -0.882. The van der Waals surface area contributed by atoms with Crippen molar-refractivity contribution in [2.24, 2.45) is 0 Å². The van der Waals surface area contributed by atoms with E-state index in [1.165, 1.54) is 13.0 Å². The highest BCUT2D eigenvalue weighted by atomic mass is 32.2. The van der Waals surface area contributed by atoms with E-state index in [0.717, 1.165) is 18.2 Å². The standard InChI is InChI=1S/C15H18F3N3O4S/c1-9(19-14(23)21-12-5-6-26(24,25)8-12)13(22)20-11-4-2-3-10(7-11)15(16,17)18/h2-4,7,9,12H,5-6,8H2,1H3,(H,20,22)(H2,19,21,23)/t9-,12?/m1/s1. The SMILES string of the molecule is C[C@@H](NC(=O)NC1CCS(=O)(=O)C1)C(=O)Nc1cccc(C(F)(F)F)c1. The maximum atomic E-state index is 12.7. The summed E-state index contributed by atoms with van der Waals surface area (Å²) in [6, 6.07) is 1.82. The molecule has 0 saturated carbocycles. The lowest BCUT2D eigenvalue weighted by atomic mass is 10.2. The number of alkyl halides is 3. The van der Waals surface area contributed by atoms with Gasteiger partial charge in [0, 0.05) is 11.7 Å². The topological polar surface area (TPSA) is 104 Å². The van der Waals surface area contributed by atoms with Gasteiger partial charge in [0.15, 0.2) is 9.84 Å². The molecule has 26 heavy (non-hydrogen) atoms. The molecule has 1 heterocycles. The van der Waals surface area contributed by atoms with Gasteiger partial charge < -0.3 is 16.0 Å². The summed E-state index contributed by atoms with van der Waals surface area (Å²) < 4.78 is 60.7. The molecular formula is C15H18F3N3O4S. The Hall–Kier alpha value is -2.30. The number of nitrogens with one attached hydrogen (secondary N) is 3. The molecule has 1 aliphatic rings. The monoisotopic (exact) mass is 393 g/mol. The molecule has 3 N–H and O–H groups in total. The summed E-state index contributed by atoms with van der Waals surface area (Å²) in [7, 11) is -3.16. The van der Waals surface area contributed by atoms with Crippen LogP contribution in [0.3, 0.4) is 0 Å². The van der Waals surface area contributed by atoms with Gasteiger partial charge in [0.05, 0.1) is 17.1 Å². The summed E-state index contributed by atoms with van der Waals surface area (Å²) in [4.78, 5) is 23.8. The largest absolute Gasteiger partial charge is 0.416 e. The van der Waals surface area contributed by atoms with E-state index in [1.807, 2.05) is 0 Å². The second-order valence-electron chi connectivity index (χ2n) is 6.01. The Morgan fingerprint density at radius 1 is 1.27 bits per heavy atom. The molecule has 11 heteroatoms. The first-order valence-electron chi connectivity index (χ1n) is 7.72. The van der Waals surface area contributed by atoms with Gasteiger partial charge in [-0.1, -0.05) is 6.07 Å². The molecular weight excluding hydrogens is 375 g/mol. The van der Waals surface area contributed by atoms with E-state index >= 15 is 0 Å². The minimum atomic E-state index is -4.54. The molecule has 1 aromatic carbocycles. The Morgan fingerprint density at radius 3 is 2.54 bits per heavy atom. The van der Waals surface area contributed by atoms with Crippen molar-refractivity contribution >= 4 is 27.5 Å². The van der Waals surface area contributed by atoms with Crippen LogP contribution in [-0.2, 0) is 20.8 Å². The number of benzene rings is 1. The van der Waals surface area contributed by atoms with Gasteiger partial charge in [-0.2, -0.15) is 13.2 Å².